The molecular formula is C17H13ClN4OS2. The number of fused-ring (bicyclic) bond motifs is 1. The van der Waals surface area contributed by atoms with E-state index in [2.05, 4.69) is 15.0 Å². The van der Waals surface area contributed by atoms with Crippen LogP contribution >= 0.6 is 34.7 Å². The molecule has 0 spiro atoms. The number of nitrogens with one attached hydrogen (secondary N) is 1. The van der Waals surface area contributed by atoms with Crippen LogP contribution in [0.5, 0.6) is 0 Å². The van der Waals surface area contributed by atoms with Gasteiger partial charge in [-0.3, -0.25) is 4.79 Å². The lowest BCUT2D eigenvalue weighted by Crippen LogP contribution is -2.10. The van der Waals surface area contributed by atoms with Crippen LogP contribution in [0.2, 0.25) is 5.02 Å². The number of aromatic amines is 1. The summed E-state index contributed by atoms with van der Waals surface area (Å²) in [5.41, 5.74) is 1.72. The maximum absolute atomic E-state index is 12.6. The van der Waals surface area contributed by atoms with Crippen molar-refractivity contribution in [2.75, 3.05) is 0 Å². The van der Waals surface area contributed by atoms with Crippen LogP contribution in [0.25, 0.3) is 21.3 Å². The lowest BCUT2D eigenvalue weighted by atomic mass is 10.1. The van der Waals surface area contributed by atoms with Gasteiger partial charge in [0.2, 0.25) is 0 Å². The molecule has 0 saturated carbocycles. The Kier molecular flexibility index (Phi) is 4.37. The SMILES string of the molecule is Cn1ccnc1SCc1nc2scc(-c3ccc(Cl)cc3)c2c(=O)[nH]1. The number of aryl methyl sites for hydroxylation is 1. The highest BCUT2D eigenvalue weighted by Gasteiger charge is 2.13. The van der Waals surface area contributed by atoms with Crippen LogP contribution in [-0.4, -0.2) is 19.5 Å². The van der Waals surface area contributed by atoms with Crippen molar-refractivity contribution in [1.82, 2.24) is 19.5 Å². The van der Waals surface area contributed by atoms with Crippen LogP contribution in [0.15, 0.2) is 52.0 Å². The van der Waals surface area contributed by atoms with E-state index in [9.17, 15) is 4.79 Å². The number of hydrogen-bond donors (Lipinski definition) is 1. The molecule has 0 aliphatic rings. The van der Waals surface area contributed by atoms with Crippen LogP contribution in [0, 0.1) is 0 Å². The minimum absolute atomic E-state index is 0.119. The number of halogens is 1. The summed E-state index contributed by atoms with van der Waals surface area (Å²) >= 11 is 8.96. The van der Waals surface area contributed by atoms with E-state index in [1.165, 1.54) is 23.1 Å². The van der Waals surface area contributed by atoms with Crippen LogP contribution in [0.3, 0.4) is 0 Å². The van der Waals surface area contributed by atoms with Crippen molar-refractivity contribution in [3.63, 3.8) is 0 Å². The first-order valence-corrected chi connectivity index (χ1v) is 9.72. The van der Waals surface area contributed by atoms with Gasteiger partial charge < -0.3 is 9.55 Å². The number of imidazole rings is 1. The fraction of sp³-hybridized carbons (Fsp3) is 0.118. The lowest BCUT2D eigenvalue weighted by molar-refractivity contribution is 0.789. The molecule has 0 saturated heterocycles. The molecule has 0 radical (unpaired) electrons. The second-order valence-electron chi connectivity index (χ2n) is 5.46. The van der Waals surface area contributed by atoms with Gasteiger partial charge in [-0.25, -0.2) is 9.97 Å². The molecule has 1 N–H and O–H groups in total. The van der Waals surface area contributed by atoms with Crippen molar-refractivity contribution >= 4 is 44.9 Å². The largest absolute Gasteiger partial charge is 0.329 e. The number of nitrogens with zero attached hydrogens (tertiary/aromatic N) is 3. The highest BCUT2D eigenvalue weighted by Crippen LogP contribution is 2.31. The van der Waals surface area contributed by atoms with Gasteiger partial charge in [-0.15, -0.1) is 11.3 Å². The Morgan fingerprint density at radius 2 is 2.12 bits per heavy atom. The molecule has 0 atom stereocenters. The zero-order valence-corrected chi connectivity index (χ0v) is 15.6. The summed E-state index contributed by atoms with van der Waals surface area (Å²) < 4.78 is 1.94. The van der Waals surface area contributed by atoms with E-state index in [0.717, 1.165) is 21.1 Å². The van der Waals surface area contributed by atoms with Gasteiger partial charge in [-0.05, 0) is 17.7 Å². The van der Waals surface area contributed by atoms with E-state index >= 15 is 0 Å². The van der Waals surface area contributed by atoms with E-state index in [1.54, 1.807) is 6.20 Å². The molecule has 126 valence electrons. The molecule has 0 aliphatic heterocycles. The minimum atomic E-state index is -0.119. The molecule has 5 nitrogen and oxygen atoms in total. The third kappa shape index (κ3) is 3.22. The van der Waals surface area contributed by atoms with Gasteiger partial charge in [0.05, 0.1) is 11.1 Å². The lowest BCUT2D eigenvalue weighted by Gasteiger charge is -2.03. The summed E-state index contributed by atoms with van der Waals surface area (Å²) in [6, 6.07) is 7.46. The first kappa shape index (κ1) is 16.4. The third-order valence-electron chi connectivity index (χ3n) is 3.76. The molecule has 4 aromatic rings. The molecule has 0 unspecified atom stereocenters. The molecule has 0 amide bonds. The molecule has 0 bridgehead atoms. The predicted octanol–water partition coefficient (Wildman–Crippen LogP) is 4.33. The molecule has 3 heterocycles. The Morgan fingerprint density at radius 3 is 2.84 bits per heavy atom. The minimum Gasteiger partial charge on any atom is -0.329 e. The van der Waals surface area contributed by atoms with E-state index in [4.69, 9.17) is 11.6 Å². The summed E-state index contributed by atoms with van der Waals surface area (Å²) in [5.74, 6) is 1.21. The zero-order valence-electron chi connectivity index (χ0n) is 13.2. The molecule has 4 rings (SSSR count). The van der Waals surface area contributed by atoms with Gasteiger partial charge in [0.25, 0.3) is 5.56 Å². The summed E-state index contributed by atoms with van der Waals surface area (Å²) in [5, 5.41) is 4.14. The van der Waals surface area contributed by atoms with E-state index in [-0.39, 0.29) is 5.56 Å². The Labute approximate surface area is 156 Å². The van der Waals surface area contributed by atoms with Crippen LogP contribution in [0.1, 0.15) is 5.82 Å². The average molecular weight is 389 g/mol. The molecule has 3 aromatic heterocycles. The Bertz CT molecular complexity index is 1100. The molecule has 0 fully saturated rings. The maximum Gasteiger partial charge on any atom is 0.260 e. The van der Waals surface area contributed by atoms with Gasteiger partial charge in [-0.2, -0.15) is 0 Å². The maximum atomic E-state index is 12.6. The number of H-pyrrole nitrogens is 1. The van der Waals surface area contributed by atoms with E-state index < -0.39 is 0 Å². The first-order valence-electron chi connectivity index (χ1n) is 7.48. The van der Waals surface area contributed by atoms with Crippen molar-refractivity contribution in [2.45, 2.75) is 10.9 Å². The van der Waals surface area contributed by atoms with E-state index in [0.29, 0.717) is 22.0 Å². The number of thioether (sulfide) groups is 1. The fourth-order valence-electron chi connectivity index (χ4n) is 2.53. The Morgan fingerprint density at radius 1 is 1.32 bits per heavy atom. The van der Waals surface area contributed by atoms with E-state index in [1.807, 2.05) is 47.5 Å². The van der Waals surface area contributed by atoms with Crippen LogP contribution < -0.4 is 5.56 Å². The van der Waals surface area contributed by atoms with Gasteiger partial charge in [0.1, 0.15) is 10.7 Å². The summed E-state index contributed by atoms with van der Waals surface area (Å²) in [4.78, 5) is 25.1. The molecule has 0 aliphatic carbocycles. The molecule has 25 heavy (non-hydrogen) atoms. The van der Waals surface area contributed by atoms with Gasteiger partial charge in [-0.1, -0.05) is 35.5 Å². The van der Waals surface area contributed by atoms with Crippen molar-refractivity contribution in [2.24, 2.45) is 7.05 Å². The van der Waals surface area contributed by atoms with Crippen molar-refractivity contribution in [3.8, 4) is 11.1 Å². The Balaban J connectivity index is 1.68. The number of aromatic nitrogens is 4. The zero-order chi connectivity index (χ0) is 17.4. The number of thiophene rings is 1. The smallest absolute Gasteiger partial charge is 0.260 e. The fourth-order valence-corrected chi connectivity index (χ4v) is 4.42. The normalized spacial score (nSPS) is 11.3. The summed E-state index contributed by atoms with van der Waals surface area (Å²) in [6.07, 6.45) is 3.64. The highest BCUT2D eigenvalue weighted by atomic mass is 35.5. The predicted molar refractivity (Wildman–Crippen MR) is 103 cm³/mol. The third-order valence-corrected chi connectivity index (χ3v) is 5.96. The van der Waals surface area contributed by atoms with Crippen LogP contribution in [0.4, 0.5) is 0 Å². The summed E-state index contributed by atoms with van der Waals surface area (Å²) in [7, 11) is 1.94. The quantitative estimate of drug-likeness (QED) is 0.528. The first-order chi connectivity index (χ1) is 12.1. The Hall–Kier alpha value is -2.09. The van der Waals surface area contributed by atoms with Crippen molar-refractivity contribution in [1.29, 1.82) is 0 Å². The standard InChI is InChI=1S/C17H13ClN4OS2/c1-22-7-6-19-17(22)25-9-13-20-15(23)14-12(8-24-16(14)21-13)10-2-4-11(18)5-3-10/h2-8H,9H2,1H3,(H,20,21,23). The van der Waals surface area contributed by atoms with Gasteiger partial charge >= 0.3 is 0 Å². The summed E-state index contributed by atoms with van der Waals surface area (Å²) in [6.45, 7) is 0. The molecule has 1 aromatic carbocycles. The highest BCUT2D eigenvalue weighted by molar-refractivity contribution is 7.98. The topological polar surface area (TPSA) is 63.6 Å². The van der Waals surface area contributed by atoms with Crippen molar-refractivity contribution in [3.05, 3.63) is 63.2 Å². The molecular weight excluding hydrogens is 376 g/mol. The second kappa shape index (κ2) is 6.67. The van der Waals surface area contributed by atoms with Gasteiger partial charge in [0.15, 0.2) is 5.16 Å². The second-order valence-corrected chi connectivity index (χ2v) is 7.70. The number of rotatable bonds is 4. The monoisotopic (exact) mass is 388 g/mol. The van der Waals surface area contributed by atoms with Crippen LogP contribution in [-0.2, 0) is 12.8 Å². The van der Waals surface area contributed by atoms with Crippen molar-refractivity contribution < 1.29 is 0 Å². The molecule has 8 heteroatoms. The average Bonchev–Trinajstić information content (AvgIpc) is 3.20. The number of benzene rings is 1. The van der Waals surface area contributed by atoms with Gasteiger partial charge in [0, 0.05) is 35.4 Å². The number of hydrogen-bond acceptors (Lipinski definition) is 5.